The maximum Gasteiger partial charge on any atom is 0.0608 e. The van der Waals surface area contributed by atoms with Gasteiger partial charge in [0.1, 0.15) is 0 Å². The maximum absolute atomic E-state index is 9.00. The van der Waals surface area contributed by atoms with Crippen molar-refractivity contribution in [2.45, 2.75) is 6.92 Å². The Morgan fingerprint density at radius 1 is 1.32 bits per heavy atom. The van der Waals surface area contributed by atoms with Gasteiger partial charge in [-0.2, -0.15) is 0 Å². The number of fused-ring (bicyclic) bond motifs is 3. The number of nitrogen functional groups attached to an aromatic ring is 1. The number of benzene rings is 2. The van der Waals surface area contributed by atoms with Gasteiger partial charge in [0.05, 0.1) is 17.0 Å². The second-order valence-corrected chi connectivity index (χ2v) is 5.66. The number of hydrogen-bond donors (Lipinski definition) is 3. The molecule has 19 heavy (non-hydrogen) atoms. The van der Waals surface area contributed by atoms with Crippen LogP contribution in [-0.4, -0.2) is 18.3 Å². The van der Waals surface area contributed by atoms with E-state index in [2.05, 4.69) is 23.5 Å². The first kappa shape index (κ1) is 12.3. The molecule has 4 N–H and O–H groups in total. The van der Waals surface area contributed by atoms with Crippen LogP contribution < -0.4 is 11.1 Å². The van der Waals surface area contributed by atoms with Crippen molar-refractivity contribution in [1.29, 1.82) is 0 Å². The summed E-state index contributed by atoms with van der Waals surface area (Å²) in [6, 6.07) is 10.4. The van der Waals surface area contributed by atoms with E-state index in [1.165, 1.54) is 10.1 Å². The van der Waals surface area contributed by atoms with E-state index in [9.17, 15) is 0 Å². The molecule has 4 heteroatoms. The summed E-state index contributed by atoms with van der Waals surface area (Å²) in [7, 11) is 0. The minimum absolute atomic E-state index is 0.118. The predicted octanol–water partition coefficient (Wildman–Crippen LogP) is 3.35. The summed E-state index contributed by atoms with van der Waals surface area (Å²) in [5, 5.41) is 14.7. The van der Waals surface area contributed by atoms with Crippen LogP contribution in [0.5, 0.6) is 0 Å². The Hall–Kier alpha value is -1.78. The maximum atomic E-state index is 9.00. The minimum Gasteiger partial charge on any atom is -0.397 e. The van der Waals surface area contributed by atoms with Gasteiger partial charge in [-0.3, -0.25) is 0 Å². The molecule has 0 aliphatic carbocycles. The molecule has 0 radical (unpaired) electrons. The van der Waals surface area contributed by atoms with Crippen molar-refractivity contribution < 1.29 is 5.11 Å². The minimum atomic E-state index is 0.118. The van der Waals surface area contributed by atoms with Crippen molar-refractivity contribution in [3.63, 3.8) is 0 Å². The number of hydrogen-bond acceptors (Lipinski definition) is 4. The van der Waals surface area contributed by atoms with Gasteiger partial charge in [-0.15, -0.1) is 11.3 Å². The largest absolute Gasteiger partial charge is 0.397 e. The molecule has 2 aromatic carbocycles. The van der Waals surface area contributed by atoms with Crippen LogP contribution in [0.4, 0.5) is 11.4 Å². The number of nitrogens with one attached hydrogen (secondary N) is 1. The molecule has 0 aliphatic heterocycles. The van der Waals surface area contributed by atoms with Crippen molar-refractivity contribution in [3.8, 4) is 0 Å². The van der Waals surface area contributed by atoms with Crippen LogP contribution in [-0.2, 0) is 0 Å². The van der Waals surface area contributed by atoms with Crippen LogP contribution in [0.15, 0.2) is 30.3 Å². The average Bonchev–Trinajstić information content (AvgIpc) is 2.81. The first-order valence-corrected chi connectivity index (χ1v) is 7.09. The first-order chi connectivity index (χ1) is 9.22. The SMILES string of the molecule is Cc1cc(NCCO)c2c(sc3ccccc32)c1N. The molecule has 0 atom stereocenters. The lowest BCUT2D eigenvalue weighted by molar-refractivity contribution is 0.311. The molecule has 0 spiro atoms. The smallest absolute Gasteiger partial charge is 0.0608 e. The van der Waals surface area contributed by atoms with E-state index in [0.29, 0.717) is 6.54 Å². The van der Waals surface area contributed by atoms with E-state index in [-0.39, 0.29) is 6.61 Å². The molecule has 0 aliphatic rings. The van der Waals surface area contributed by atoms with Gasteiger partial charge in [0.25, 0.3) is 0 Å². The predicted molar refractivity (Wildman–Crippen MR) is 84.1 cm³/mol. The van der Waals surface area contributed by atoms with Gasteiger partial charge in [-0.05, 0) is 24.6 Å². The Morgan fingerprint density at radius 3 is 2.89 bits per heavy atom. The Balaban J connectivity index is 2.37. The molecule has 0 fully saturated rings. The quantitative estimate of drug-likeness (QED) is 0.641. The van der Waals surface area contributed by atoms with Crippen LogP contribution in [0.3, 0.4) is 0 Å². The fourth-order valence-electron chi connectivity index (χ4n) is 2.38. The standard InChI is InChI=1S/C15H16N2OS/c1-9-8-11(17-6-7-18)13-10-4-2-3-5-12(10)19-15(13)14(9)16/h2-5,8,17-18H,6-7,16H2,1H3. The van der Waals surface area contributed by atoms with Crippen LogP contribution in [0.1, 0.15) is 5.56 Å². The highest BCUT2D eigenvalue weighted by Crippen LogP contribution is 2.42. The molecule has 1 aromatic heterocycles. The number of nitrogens with two attached hydrogens (primary N) is 1. The lowest BCUT2D eigenvalue weighted by atomic mass is 10.1. The van der Waals surface area contributed by atoms with Gasteiger partial charge in [0, 0.05) is 27.7 Å². The lowest BCUT2D eigenvalue weighted by Crippen LogP contribution is -2.06. The van der Waals surface area contributed by atoms with Gasteiger partial charge in [0.2, 0.25) is 0 Å². The van der Waals surface area contributed by atoms with Crippen molar-refractivity contribution in [1.82, 2.24) is 0 Å². The average molecular weight is 272 g/mol. The normalized spacial score (nSPS) is 11.3. The summed E-state index contributed by atoms with van der Waals surface area (Å²) in [5.74, 6) is 0. The van der Waals surface area contributed by atoms with Crippen LogP contribution in [0.25, 0.3) is 20.2 Å². The second kappa shape index (κ2) is 4.72. The zero-order chi connectivity index (χ0) is 13.4. The zero-order valence-corrected chi connectivity index (χ0v) is 11.6. The third kappa shape index (κ3) is 1.93. The molecular formula is C15H16N2OS. The van der Waals surface area contributed by atoms with E-state index in [4.69, 9.17) is 10.8 Å². The van der Waals surface area contributed by atoms with Crippen molar-refractivity contribution >= 4 is 42.9 Å². The summed E-state index contributed by atoms with van der Waals surface area (Å²) in [6.45, 7) is 2.68. The van der Waals surface area contributed by atoms with E-state index in [1.54, 1.807) is 11.3 Å². The fraction of sp³-hybridized carbons (Fsp3) is 0.200. The van der Waals surface area contributed by atoms with Gasteiger partial charge in [-0.1, -0.05) is 18.2 Å². The number of aliphatic hydroxyl groups is 1. The molecule has 0 saturated carbocycles. The molecule has 0 bridgehead atoms. The van der Waals surface area contributed by atoms with Crippen LogP contribution >= 0.6 is 11.3 Å². The third-order valence-electron chi connectivity index (χ3n) is 3.32. The Kier molecular flexibility index (Phi) is 3.05. The molecule has 0 amide bonds. The Bertz CT molecular complexity index is 749. The van der Waals surface area contributed by atoms with Gasteiger partial charge < -0.3 is 16.2 Å². The lowest BCUT2D eigenvalue weighted by Gasteiger charge is -2.10. The highest BCUT2D eigenvalue weighted by molar-refractivity contribution is 7.26. The monoisotopic (exact) mass is 272 g/mol. The van der Waals surface area contributed by atoms with Crippen molar-refractivity contribution in [2.24, 2.45) is 0 Å². The molecule has 0 unspecified atom stereocenters. The van der Waals surface area contributed by atoms with Gasteiger partial charge in [0.15, 0.2) is 0 Å². The van der Waals surface area contributed by atoms with Crippen molar-refractivity contribution in [3.05, 3.63) is 35.9 Å². The number of thiophene rings is 1. The molecule has 3 aromatic rings. The summed E-state index contributed by atoms with van der Waals surface area (Å²) >= 11 is 1.72. The van der Waals surface area contributed by atoms with Gasteiger partial charge >= 0.3 is 0 Å². The Morgan fingerprint density at radius 2 is 2.11 bits per heavy atom. The number of aliphatic hydroxyl groups excluding tert-OH is 1. The molecule has 0 saturated heterocycles. The number of rotatable bonds is 3. The molecule has 3 rings (SSSR count). The molecular weight excluding hydrogens is 256 g/mol. The summed E-state index contributed by atoms with van der Waals surface area (Å²) in [4.78, 5) is 0. The van der Waals surface area contributed by atoms with E-state index in [1.807, 2.05) is 19.1 Å². The number of aryl methyl sites for hydroxylation is 1. The Labute approximate surface area is 115 Å². The fourth-order valence-corrected chi connectivity index (χ4v) is 3.62. The zero-order valence-electron chi connectivity index (χ0n) is 10.7. The summed E-state index contributed by atoms with van der Waals surface area (Å²) in [5.41, 5.74) is 9.18. The highest BCUT2D eigenvalue weighted by Gasteiger charge is 2.13. The van der Waals surface area contributed by atoms with E-state index < -0.39 is 0 Å². The number of anilines is 2. The first-order valence-electron chi connectivity index (χ1n) is 6.27. The van der Waals surface area contributed by atoms with Crippen LogP contribution in [0, 0.1) is 6.92 Å². The summed E-state index contributed by atoms with van der Waals surface area (Å²) < 4.78 is 2.36. The van der Waals surface area contributed by atoms with E-state index in [0.717, 1.165) is 27.0 Å². The van der Waals surface area contributed by atoms with Gasteiger partial charge in [-0.25, -0.2) is 0 Å². The topological polar surface area (TPSA) is 58.3 Å². The highest BCUT2D eigenvalue weighted by atomic mass is 32.1. The summed E-state index contributed by atoms with van der Waals surface area (Å²) in [6.07, 6.45) is 0. The second-order valence-electron chi connectivity index (χ2n) is 4.61. The molecule has 3 nitrogen and oxygen atoms in total. The van der Waals surface area contributed by atoms with Crippen LogP contribution in [0.2, 0.25) is 0 Å². The van der Waals surface area contributed by atoms with E-state index >= 15 is 0 Å². The molecule has 1 heterocycles. The van der Waals surface area contributed by atoms with Crippen molar-refractivity contribution in [2.75, 3.05) is 24.2 Å². The third-order valence-corrected chi connectivity index (χ3v) is 4.53. The molecule has 98 valence electrons.